The number of hydrazone groups is 1. The van der Waals surface area contributed by atoms with E-state index in [1.807, 2.05) is 26.0 Å². The van der Waals surface area contributed by atoms with Crippen LogP contribution in [0, 0.1) is 19.7 Å². The van der Waals surface area contributed by atoms with E-state index in [0.29, 0.717) is 5.56 Å². The minimum Gasteiger partial charge on any atom is -0.267 e. The van der Waals surface area contributed by atoms with Crippen molar-refractivity contribution in [2.75, 3.05) is 5.43 Å². The Bertz CT molecular complexity index is 1040. The fourth-order valence-corrected chi connectivity index (χ4v) is 2.70. The van der Waals surface area contributed by atoms with Crippen molar-refractivity contribution in [1.29, 1.82) is 0 Å². The van der Waals surface area contributed by atoms with E-state index < -0.39 is 11.7 Å². The molecular weight excluding hydrogens is 359 g/mol. The molecule has 7 heteroatoms. The van der Waals surface area contributed by atoms with Crippen molar-refractivity contribution in [2.24, 2.45) is 5.10 Å². The number of aromatic nitrogens is 1. The van der Waals surface area contributed by atoms with Crippen molar-refractivity contribution in [2.45, 2.75) is 13.8 Å². The summed E-state index contributed by atoms with van der Waals surface area (Å²) in [6.45, 7) is 3.68. The van der Waals surface area contributed by atoms with Crippen LogP contribution in [0.4, 0.5) is 4.39 Å². The molecule has 0 radical (unpaired) electrons. The SMILES string of the molecule is Cc1cc(/C=N\NC(=O)c2cccc(F)c2)c(C)n1NC(=O)c1ccccc1. The van der Waals surface area contributed by atoms with Gasteiger partial charge in [0.1, 0.15) is 5.82 Å². The van der Waals surface area contributed by atoms with E-state index in [9.17, 15) is 14.0 Å². The molecule has 142 valence electrons. The molecule has 2 aromatic carbocycles. The second-order valence-electron chi connectivity index (χ2n) is 6.18. The van der Waals surface area contributed by atoms with E-state index in [1.165, 1.54) is 24.4 Å². The van der Waals surface area contributed by atoms with Crippen molar-refractivity contribution < 1.29 is 14.0 Å². The fourth-order valence-electron chi connectivity index (χ4n) is 2.70. The van der Waals surface area contributed by atoms with Crippen molar-refractivity contribution in [3.05, 3.63) is 94.6 Å². The molecule has 0 aliphatic heterocycles. The van der Waals surface area contributed by atoms with Gasteiger partial charge in [0.15, 0.2) is 0 Å². The summed E-state index contributed by atoms with van der Waals surface area (Å²) in [7, 11) is 0. The molecule has 3 rings (SSSR count). The number of nitrogens with zero attached hydrogens (tertiary/aromatic N) is 2. The molecule has 2 amide bonds. The van der Waals surface area contributed by atoms with Gasteiger partial charge in [0.2, 0.25) is 0 Å². The largest absolute Gasteiger partial charge is 0.271 e. The van der Waals surface area contributed by atoms with Gasteiger partial charge in [0.05, 0.1) is 6.21 Å². The molecule has 2 N–H and O–H groups in total. The minimum atomic E-state index is -0.512. The lowest BCUT2D eigenvalue weighted by Gasteiger charge is -2.11. The molecule has 0 bridgehead atoms. The highest BCUT2D eigenvalue weighted by molar-refractivity contribution is 6.00. The Balaban J connectivity index is 1.70. The molecule has 28 heavy (non-hydrogen) atoms. The summed E-state index contributed by atoms with van der Waals surface area (Å²) in [5.74, 6) is -1.23. The topological polar surface area (TPSA) is 75.5 Å². The number of carbonyl (C=O) groups excluding carboxylic acids is 2. The molecule has 0 fully saturated rings. The summed E-state index contributed by atoms with van der Waals surface area (Å²) >= 11 is 0. The normalized spacial score (nSPS) is 10.8. The average Bonchev–Trinajstić information content (AvgIpc) is 2.96. The van der Waals surface area contributed by atoms with Crippen LogP contribution in [0.2, 0.25) is 0 Å². The average molecular weight is 378 g/mol. The summed E-state index contributed by atoms with van der Waals surface area (Å²) in [5, 5.41) is 3.93. The maximum Gasteiger partial charge on any atom is 0.271 e. The highest BCUT2D eigenvalue weighted by Gasteiger charge is 2.12. The van der Waals surface area contributed by atoms with E-state index in [4.69, 9.17) is 0 Å². The third-order valence-corrected chi connectivity index (χ3v) is 4.18. The number of benzene rings is 2. The van der Waals surface area contributed by atoms with Crippen LogP contribution in [-0.4, -0.2) is 22.7 Å². The van der Waals surface area contributed by atoms with E-state index in [2.05, 4.69) is 16.0 Å². The second-order valence-corrected chi connectivity index (χ2v) is 6.18. The molecule has 0 aliphatic carbocycles. The van der Waals surface area contributed by atoms with Crippen molar-refractivity contribution in [3.8, 4) is 0 Å². The zero-order valence-electron chi connectivity index (χ0n) is 15.4. The molecule has 0 atom stereocenters. The van der Waals surface area contributed by atoms with Crippen LogP contribution in [0.15, 0.2) is 65.8 Å². The van der Waals surface area contributed by atoms with Gasteiger partial charge in [-0.2, -0.15) is 5.10 Å². The van der Waals surface area contributed by atoms with Crippen LogP contribution in [0.5, 0.6) is 0 Å². The van der Waals surface area contributed by atoms with Gasteiger partial charge >= 0.3 is 0 Å². The van der Waals surface area contributed by atoms with E-state index >= 15 is 0 Å². The first-order chi connectivity index (χ1) is 13.5. The Morgan fingerprint density at radius 1 is 0.964 bits per heavy atom. The van der Waals surface area contributed by atoms with Crippen LogP contribution in [0.25, 0.3) is 0 Å². The second kappa shape index (κ2) is 8.30. The Morgan fingerprint density at radius 3 is 2.39 bits per heavy atom. The summed E-state index contributed by atoms with van der Waals surface area (Å²) in [4.78, 5) is 24.4. The summed E-state index contributed by atoms with van der Waals surface area (Å²) < 4.78 is 14.8. The molecule has 1 aromatic heterocycles. The molecule has 6 nitrogen and oxygen atoms in total. The van der Waals surface area contributed by atoms with Gasteiger partial charge in [-0.1, -0.05) is 24.3 Å². The first-order valence-corrected chi connectivity index (χ1v) is 8.60. The predicted octanol–water partition coefficient (Wildman–Crippen LogP) is 3.39. The molecule has 0 aliphatic rings. The van der Waals surface area contributed by atoms with E-state index in [1.54, 1.807) is 28.9 Å². The number of aryl methyl sites for hydroxylation is 1. The van der Waals surface area contributed by atoms with E-state index in [0.717, 1.165) is 23.0 Å². The van der Waals surface area contributed by atoms with Crippen LogP contribution in [0.3, 0.4) is 0 Å². The molecule has 1 heterocycles. The Labute approximate surface area is 161 Å². The number of nitrogens with one attached hydrogen (secondary N) is 2. The fraction of sp³-hybridized carbons (Fsp3) is 0.0952. The smallest absolute Gasteiger partial charge is 0.267 e. The zero-order chi connectivity index (χ0) is 20.1. The number of hydrogen-bond donors (Lipinski definition) is 2. The van der Waals surface area contributed by atoms with Gasteiger partial charge in [-0.15, -0.1) is 0 Å². The van der Waals surface area contributed by atoms with Gasteiger partial charge in [-0.25, -0.2) is 9.82 Å². The number of amides is 2. The number of carbonyl (C=O) groups is 2. The van der Waals surface area contributed by atoms with Crippen LogP contribution in [-0.2, 0) is 0 Å². The lowest BCUT2D eigenvalue weighted by Crippen LogP contribution is -2.24. The van der Waals surface area contributed by atoms with Gasteiger partial charge in [0, 0.05) is 28.1 Å². The zero-order valence-corrected chi connectivity index (χ0v) is 15.4. The highest BCUT2D eigenvalue weighted by Crippen LogP contribution is 2.12. The molecule has 3 aromatic rings. The van der Waals surface area contributed by atoms with Crippen molar-refractivity contribution in [3.63, 3.8) is 0 Å². The van der Waals surface area contributed by atoms with Gasteiger partial charge in [-0.05, 0) is 50.2 Å². The predicted molar refractivity (Wildman–Crippen MR) is 105 cm³/mol. The lowest BCUT2D eigenvalue weighted by atomic mass is 10.2. The Morgan fingerprint density at radius 2 is 1.68 bits per heavy atom. The molecule has 0 spiro atoms. The number of hydrogen-bond acceptors (Lipinski definition) is 3. The van der Waals surface area contributed by atoms with E-state index in [-0.39, 0.29) is 11.5 Å². The van der Waals surface area contributed by atoms with Gasteiger partial charge in [-0.3, -0.25) is 19.7 Å². The number of rotatable bonds is 5. The highest BCUT2D eigenvalue weighted by atomic mass is 19.1. The Hall–Kier alpha value is -3.74. The first-order valence-electron chi connectivity index (χ1n) is 8.60. The molecule has 0 saturated heterocycles. The maximum atomic E-state index is 13.2. The maximum absolute atomic E-state index is 13.2. The first kappa shape index (κ1) is 19.0. The van der Waals surface area contributed by atoms with Crippen molar-refractivity contribution >= 4 is 18.0 Å². The summed E-state index contributed by atoms with van der Waals surface area (Å²) in [6, 6.07) is 16.1. The number of halogens is 1. The van der Waals surface area contributed by atoms with Crippen LogP contribution < -0.4 is 10.9 Å². The third kappa shape index (κ3) is 4.32. The summed E-state index contributed by atoms with van der Waals surface area (Å²) in [5.41, 5.74) is 8.21. The third-order valence-electron chi connectivity index (χ3n) is 4.18. The Kier molecular flexibility index (Phi) is 5.64. The minimum absolute atomic E-state index is 0.178. The standard InChI is InChI=1S/C21H19FN4O2/c1-14-11-18(13-23-24-20(27)17-9-6-10-19(22)12-17)15(2)26(14)25-21(28)16-7-4-3-5-8-16/h3-13H,1-2H3,(H,24,27)(H,25,28)/b23-13-. The van der Waals surface area contributed by atoms with Crippen LogP contribution in [0.1, 0.15) is 37.7 Å². The molecule has 0 unspecified atom stereocenters. The van der Waals surface area contributed by atoms with Crippen molar-refractivity contribution in [1.82, 2.24) is 10.1 Å². The summed E-state index contributed by atoms with van der Waals surface area (Å²) in [6.07, 6.45) is 1.48. The van der Waals surface area contributed by atoms with Crippen LogP contribution >= 0.6 is 0 Å². The van der Waals surface area contributed by atoms with Gasteiger partial charge < -0.3 is 0 Å². The monoisotopic (exact) mass is 378 g/mol. The van der Waals surface area contributed by atoms with Gasteiger partial charge in [0.25, 0.3) is 11.8 Å². The quantitative estimate of drug-likeness (QED) is 0.527. The molecule has 0 saturated carbocycles. The molecular formula is C21H19FN4O2. The lowest BCUT2D eigenvalue weighted by molar-refractivity contribution is 0.0953.